The van der Waals surface area contributed by atoms with Gasteiger partial charge in [-0.25, -0.2) is 0 Å². The zero-order chi connectivity index (χ0) is 36.0. The summed E-state index contributed by atoms with van der Waals surface area (Å²) in [6.07, 6.45) is -0.846. The van der Waals surface area contributed by atoms with E-state index < -0.39 is 6.29 Å². The molecule has 0 bridgehead atoms. The molecule has 6 nitrogen and oxygen atoms in total. The minimum Gasteiger partial charge on any atom is -0.392 e. The van der Waals surface area contributed by atoms with E-state index in [0.717, 1.165) is 39.9 Å². The molecule has 1 heterocycles. The second kappa shape index (κ2) is 16.1. The highest BCUT2D eigenvalue weighted by Gasteiger charge is 2.39. The van der Waals surface area contributed by atoms with Crippen molar-refractivity contribution in [3.63, 3.8) is 0 Å². The normalized spacial score (nSPS) is 19.4. The Bertz CT molecular complexity index is 2100. The largest absolute Gasteiger partial charge is 0.392 e. The first-order chi connectivity index (χ1) is 25.4. The molecule has 0 spiro atoms. The maximum absolute atomic E-state index is 12.6. The summed E-state index contributed by atoms with van der Waals surface area (Å²) in [5, 5.41) is 15.2. The summed E-state index contributed by atoms with van der Waals surface area (Å²) in [6.45, 7) is 5.63. The highest BCUT2D eigenvalue weighted by atomic mass is 16.7. The van der Waals surface area contributed by atoms with E-state index in [1.165, 1.54) is 16.3 Å². The van der Waals surface area contributed by atoms with Crippen LogP contribution < -0.4 is 5.32 Å². The van der Waals surface area contributed by atoms with E-state index in [1.807, 2.05) is 54.6 Å². The van der Waals surface area contributed by atoms with Crippen molar-refractivity contribution in [3.05, 3.63) is 179 Å². The smallest absolute Gasteiger partial charge is 0.251 e. The van der Waals surface area contributed by atoms with Crippen molar-refractivity contribution in [3.8, 4) is 11.1 Å². The highest BCUT2D eigenvalue weighted by molar-refractivity contribution is 5.94. The zero-order valence-electron chi connectivity index (χ0n) is 30.0. The van der Waals surface area contributed by atoms with Gasteiger partial charge in [-0.2, -0.15) is 0 Å². The van der Waals surface area contributed by atoms with Crippen LogP contribution in [-0.2, 0) is 22.6 Å². The summed E-state index contributed by atoms with van der Waals surface area (Å²) in [7, 11) is 2.17. The van der Waals surface area contributed by atoms with Crippen LogP contribution in [0.4, 0.5) is 0 Å². The van der Waals surface area contributed by atoms with Gasteiger partial charge in [-0.05, 0) is 82.4 Å². The van der Waals surface area contributed by atoms with Crippen LogP contribution in [0.5, 0.6) is 0 Å². The van der Waals surface area contributed by atoms with Crippen LogP contribution in [0, 0.1) is 5.92 Å². The summed E-state index contributed by atoms with van der Waals surface area (Å²) in [6, 6.07) is 49.3. The van der Waals surface area contributed by atoms with E-state index in [0.29, 0.717) is 12.1 Å². The van der Waals surface area contributed by atoms with Crippen LogP contribution in [0.15, 0.2) is 146 Å². The molecular weight excluding hydrogens is 645 g/mol. The van der Waals surface area contributed by atoms with E-state index in [9.17, 15) is 9.90 Å². The van der Waals surface area contributed by atoms with E-state index in [4.69, 9.17) is 9.47 Å². The van der Waals surface area contributed by atoms with Crippen molar-refractivity contribution in [1.82, 2.24) is 10.2 Å². The average Bonchev–Trinajstić information content (AvgIpc) is 3.20. The molecule has 1 amide bonds. The van der Waals surface area contributed by atoms with Crippen LogP contribution in [0.1, 0.15) is 70.5 Å². The molecule has 5 atom stereocenters. The number of carbonyl (C=O) groups is 1. The molecule has 0 radical (unpaired) electrons. The lowest BCUT2D eigenvalue weighted by atomic mass is 9.89. The SMILES string of the molecule is C[C@@H]1[C@H](CN(C)[C@H](C)c2ccc3ccccc3c2)O[C@H](c2ccc(-c3cccc(CNC(=O)c4ccccc4)c3)cc2)O[C@@H]1c1ccc(CO)cc1. The van der Waals surface area contributed by atoms with Crippen molar-refractivity contribution < 1.29 is 19.4 Å². The maximum Gasteiger partial charge on any atom is 0.251 e. The highest BCUT2D eigenvalue weighted by Crippen LogP contribution is 2.42. The number of benzene rings is 6. The molecule has 1 aliphatic heterocycles. The summed E-state index contributed by atoms with van der Waals surface area (Å²) >= 11 is 0. The predicted octanol–water partition coefficient (Wildman–Crippen LogP) is 9.41. The van der Waals surface area contributed by atoms with Gasteiger partial charge < -0.3 is 19.9 Å². The van der Waals surface area contributed by atoms with Gasteiger partial charge in [0.1, 0.15) is 0 Å². The van der Waals surface area contributed by atoms with E-state index in [2.05, 4.69) is 122 Å². The van der Waals surface area contributed by atoms with E-state index >= 15 is 0 Å². The maximum atomic E-state index is 12.6. The molecule has 52 heavy (non-hydrogen) atoms. The first-order valence-electron chi connectivity index (χ1n) is 18.1. The number of hydrogen-bond acceptors (Lipinski definition) is 5. The summed E-state index contributed by atoms with van der Waals surface area (Å²) in [4.78, 5) is 15.0. The molecular formula is C46H46N2O4. The first-order valence-corrected chi connectivity index (χ1v) is 18.1. The molecule has 1 aliphatic rings. The monoisotopic (exact) mass is 690 g/mol. The summed E-state index contributed by atoms with van der Waals surface area (Å²) in [5.74, 6) is -0.0145. The van der Waals surface area contributed by atoms with Gasteiger partial charge in [0.15, 0.2) is 6.29 Å². The predicted molar refractivity (Wildman–Crippen MR) is 207 cm³/mol. The lowest BCUT2D eigenvalue weighted by molar-refractivity contribution is -0.276. The number of amides is 1. The topological polar surface area (TPSA) is 71.0 Å². The van der Waals surface area contributed by atoms with E-state index in [1.54, 1.807) is 0 Å². The lowest BCUT2D eigenvalue weighted by Crippen LogP contribution is -2.44. The Morgan fingerprint density at radius 3 is 2.19 bits per heavy atom. The number of nitrogens with zero attached hydrogens (tertiary/aromatic N) is 1. The Morgan fingerprint density at radius 2 is 1.44 bits per heavy atom. The van der Waals surface area contributed by atoms with Gasteiger partial charge in [0.2, 0.25) is 0 Å². The van der Waals surface area contributed by atoms with Gasteiger partial charge in [-0.3, -0.25) is 9.69 Å². The van der Waals surface area contributed by atoms with Gasteiger partial charge in [-0.15, -0.1) is 0 Å². The Labute approximate surface area is 306 Å². The number of rotatable bonds is 11. The molecule has 1 fully saturated rings. The van der Waals surface area contributed by atoms with Gasteiger partial charge in [-0.1, -0.05) is 128 Å². The number of fused-ring (bicyclic) bond motifs is 1. The van der Waals surface area contributed by atoms with Crippen molar-refractivity contribution in [2.45, 2.75) is 51.5 Å². The fraction of sp³-hybridized carbons (Fsp3) is 0.239. The standard InChI is InChI=1S/C46H46N2O4/c1-31-43(29-48(3)32(2)40-25-22-35-11-7-8-14-42(35)27-40)51-46(52-44(31)37-18-16-33(30-49)17-19-37)39-23-20-36(21-24-39)41-15-9-10-34(26-41)28-47-45(50)38-12-5-4-6-13-38/h4-27,31-32,43-44,46,49H,28-30H2,1-3H3,(H,47,50)/t31-,32-,43+,44+,46+/m1/s1. The van der Waals surface area contributed by atoms with Gasteiger partial charge >= 0.3 is 0 Å². The van der Waals surface area contributed by atoms with Crippen molar-refractivity contribution in [2.75, 3.05) is 13.6 Å². The Balaban J connectivity index is 1.09. The van der Waals surface area contributed by atoms with Gasteiger partial charge in [0.05, 0.1) is 18.8 Å². The van der Waals surface area contributed by atoms with Gasteiger partial charge in [0.25, 0.3) is 5.91 Å². The zero-order valence-corrected chi connectivity index (χ0v) is 30.0. The van der Waals surface area contributed by atoms with Crippen molar-refractivity contribution in [2.24, 2.45) is 5.92 Å². The fourth-order valence-corrected chi connectivity index (χ4v) is 7.06. The minimum atomic E-state index is -0.554. The van der Waals surface area contributed by atoms with Crippen molar-refractivity contribution in [1.29, 1.82) is 0 Å². The third kappa shape index (κ3) is 8.01. The molecule has 7 rings (SSSR count). The molecule has 1 saturated heterocycles. The molecule has 6 aromatic carbocycles. The Kier molecular flexibility index (Phi) is 10.9. The molecule has 6 aromatic rings. The van der Waals surface area contributed by atoms with Crippen LogP contribution in [0.3, 0.4) is 0 Å². The molecule has 264 valence electrons. The molecule has 0 unspecified atom stereocenters. The first kappa shape index (κ1) is 35.3. The number of hydrogen-bond donors (Lipinski definition) is 2. The van der Waals surface area contributed by atoms with Crippen LogP contribution >= 0.6 is 0 Å². The second-order valence-electron chi connectivity index (χ2n) is 13.9. The fourth-order valence-electron chi connectivity index (χ4n) is 7.06. The third-order valence-corrected chi connectivity index (χ3v) is 10.4. The summed E-state index contributed by atoms with van der Waals surface area (Å²) < 4.78 is 13.6. The second-order valence-corrected chi connectivity index (χ2v) is 13.9. The van der Waals surface area contributed by atoms with Crippen LogP contribution in [-0.4, -0.2) is 35.6 Å². The lowest BCUT2D eigenvalue weighted by Gasteiger charge is -2.43. The third-order valence-electron chi connectivity index (χ3n) is 10.4. The number of aliphatic hydroxyl groups is 1. The molecule has 0 aliphatic carbocycles. The number of nitrogens with one attached hydrogen (secondary N) is 1. The molecule has 0 aromatic heterocycles. The Hall–Kier alpha value is -5.11. The van der Waals surface area contributed by atoms with Crippen LogP contribution in [0.25, 0.3) is 21.9 Å². The van der Waals surface area contributed by atoms with Crippen molar-refractivity contribution >= 4 is 16.7 Å². The quantitative estimate of drug-likeness (QED) is 0.142. The molecule has 2 N–H and O–H groups in total. The number of ether oxygens (including phenoxy) is 2. The minimum absolute atomic E-state index is 0.00472. The average molecular weight is 691 g/mol. The number of carbonyl (C=O) groups excluding carboxylic acids is 1. The Morgan fingerprint density at radius 1 is 0.731 bits per heavy atom. The van der Waals surface area contributed by atoms with Gasteiger partial charge in [0, 0.05) is 36.2 Å². The number of aliphatic hydroxyl groups excluding tert-OH is 1. The molecule has 6 heteroatoms. The number of likely N-dealkylation sites (N-methyl/N-ethyl adjacent to an activating group) is 1. The molecule has 0 saturated carbocycles. The van der Waals surface area contributed by atoms with E-state index in [-0.39, 0.29) is 36.7 Å². The summed E-state index contributed by atoms with van der Waals surface area (Å²) in [5.41, 5.74) is 7.98. The van der Waals surface area contributed by atoms with Crippen LogP contribution in [0.2, 0.25) is 0 Å².